The van der Waals surface area contributed by atoms with Crippen molar-refractivity contribution in [3.63, 3.8) is 0 Å². The van der Waals surface area contributed by atoms with E-state index in [-0.39, 0.29) is 0 Å². The highest BCUT2D eigenvalue weighted by Gasteiger charge is 2.30. The molecule has 1 atom stereocenters. The van der Waals surface area contributed by atoms with Gasteiger partial charge in [-0.3, -0.25) is 4.79 Å². The van der Waals surface area contributed by atoms with Gasteiger partial charge in [0.2, 0.25) is 0 Å². The van der Waals surface area contributed by atoms with Gasteiger partial charge in [-0.05, 0) is 28.7 Å². The molecule has 1 aliphatic rings. The quantitative estimate of drug-likeness (QED) is 0.908. The van der Waals surface area contributed by atoms with Crippen LogP contribution in [-0.4, -0.2) is 11.1 Å². The number of rotatable bonds is 2. The van der Waals surface area contributed by atoms with Crippen molar-refractivity contribution in [2.24, 2.45) is 0 Å². The summed E-state index contributed by atoms with van der Waals surface area (Å²) in [5, 5.41) is 9.73. The van der Waals surface area contributed by atoms with Gasteiger partial charge in [0.1, 0.15) is 18.3 Å². The van der Waals surface area contributed by atoms with Crippen molar-refractivity contribution in [2.45, 2.75) is 32.3 Å². The molecule has 0 unspecified atom stereocenters. The van der Waals surface area contributed by atoms with Crippen LogP contribution in [0, 0.1) is 0 Å². The summed E-state index contributed by atoms with van der Waals surface area (Å²) in [6.07, 6.45) is 0. The molecule has 0 saturated carbocycles. The summed E-state index contributed by atoms with van der Waals surface area (Å²) < 4.78 is 5.83. The number of carboxylic acid groups (broad SMARTS) is 1. The van der Waals surface area contributed by atoms with Gasteiger partial charge in [0.05, 0.1) is 0 Å². The number of benzene rings is 2. The first-order valence-corrected chi connectivity index (χ1v) is 7.15. The third kappa shape index (κ3) is 2.40. The molecular formula is C18H18O3. The third-order valence-electron chi connectivity index (χ3n) is 4.01. The lowest BCUT2D eigenvalue weighted by Gasteiger charge is -2.16. The van der Waals surface area contributed by atoms with Crippen LogP contribution in [0.15, 0.2) is 42.5 Å². The van der Waals surface area contributed by atoms with Gasteiger partial charge >= 0.3 is 5.97 Å². The molecule has 0 fully saturated rings. The number of ether oxygens (including phenoxy) is 1. The van der Waals surface area contributed by atoms with E-state index in [1.54, 1.807) is 0 Å². The zero-order chi connectivity index (χ0) is 15.0. The predicted molar refractivity (Wildman–Crippen MR) is 80.8 cm³/mol. The average Bonchev–Trinajstić information content (AvgIpc) is 2.62. The van der Waals surface area contributed by atoms with Crippen LogP contribution in [0.25, 0.3) is 0 Å². The van der Waals surface area contributed by atoms with Crippen LogP contribution < -0.4 is 4.74 Å². The minimum atomic E-state index is -0.838. The van der Waals surface area contributed by atoms with Crippen molar-refractivity contribution < 1.29 is 14.6 Å². The summed E-state index contributed by atoms with van der Waals surface area (Å²) in [6, 6.07) is 13.5. The molecule has 0 radical (unpaired) electrons. The van der Waals surface area contributed by atoms with Gasteiger partial charge < -0.3 is 9.84 Å². The molecule has 0 bridgehead atoms. The van der Waals surface area contributed by atoms with Gasteiger partial charge in [0, 0.05) is 5.56 Å². The summed E-state index contributed by atoms with van der Waals surface area (Å²) in [5.41, 5.74) is 3.64. The van der Waals surface area contributed by atoms with Crippen LogP contribution in [0.1, 0.15) is 47.9 Å². The Balaban J connectivity index is 2.22. The second kappa shape index (κ2) is 5.24. The highest BCUT2D eigenvalue weighted by Crippen LogP contribution is 2.39. The molecule has 0 amide bonds. The van der Waals surface area contributed by atoms with Gasteiger partial charge in [-0.2, -0.15) is 0 Å². The zero-order valence-electron chi connectivity index (χ0n) is 12.2. The molecule has 0 saturated heterocycles. The lowest BCUT2D eigenvalue weighted by atomic mass is 9.86. The molecule has 108 valence electrons. The van der Waals surface area contributed by atoms with E-state index in [2.05, 4.69) is 13.8 Å². The molecule has 3 heteroatoms. The Labute approximate surface area is 124 Å². The van der Waals surface area contributed by atoms with Crippen LogP contribution in [0.5, 0.6) is 5.75 Å². The first kappa shape index (κ1) is 13.7. The molecule has 3 nitrogen and oxygen atoms in total. The van der Waals surface area contributed by atoms with Crippen molar-refractivity contribution in [1.29, 1.82) is 0 Å². The number of carboxylic acids is 1. The fourth-order valence-corrected chi connectivity index (χ4v) is 2.82. The molecule has 0 spiro atoms. The minimum absolute atomic E-state index is 0.350. The minimum Gasteiger partial charge on any atom is -0.489 e. The van der Waals surface area contributed by atoms with Gasteiger partial charge in [-0.1, -0.05) is 50.2 Å². The van der Waals surface area contributed by atoms with Crippen molar-refractivity contribution in [3.05, 3.63) is 64.7 Å². The zero-order valence-corrected chi connectivity index (χ0v) is 12.2. The van der Waals surface area contributed by atoms with Crippen LogP contribution in [0.3, 0.4) is 0 Å². The Kier molecular flexibility index (Phi) is 3.42. The Bertz CT molecular complexity index is 689. The SMILES string of the molecule is CC(C)c1ccc2c(c1)[C@H](C(=O)O)c1ccccc1CO2. The maximum atomic E-state index is 11.9. The molecule has 1 N–H and O–H groups in total. The Morgan fingerprint density at radius 2 is 1.95 bits per heavy atom. The van der Waals surface area contributed by atoms with E-state index in [0.717, 1.165) is 22.3 Å². The highest BCUT2D eigenvalue weighted by molar-refractivity contribution is 5.82. The molecule has 21 heavy (non-hydrogen) atoms. The Morgan fingerprint density at radius 1 is 1.19 bits per heavy atom. The first-order chi connectivity index (χ1) is 10.1. The fraction of sp³-hybridized carbons (Fsp3) is 0.278. The van der Waals surface area contributed by atoms with Crippen LogP contribution >= 0.6 is 0 Å². The highest BCUT2D eigenvalue weighted by atomic mass is 16.5. The molecule has 3 rings (SSSR count). The lowest BCUT2D eigenvalue weighted by Crippen LogP contribution is -2.14. The summed E-state index contributed by atoms with van der Waals surface area (Å²) in [4.78, 5) is 11.9. The molecule has 0 aliphatic carbocycles. The summed E-state index contributed by atoms with van der Waals surface area (Å²) in [5.74, 6) is -0.487. The summed E-state index contributed by atoms with van der Waals surface area (Å²) >= 11 is 0. The summed E-state index contributed by atoms with van der Waals surface area (Å²) in [7, 11) is 0. The van der Waals surface area contributed by atoms with E-state index in [1.807, 2.05) is 42.5 Å². The van der Waals surface area contributed by atoms with Gasteiger partial charge in [0.25, 0.3) is 0 Å². The lowest BCUT2D eigenvalue weighted by molar-refractivity contribution is -0.137. The van der Waals surface area contributed by atoms with E-state index in [4.69, 9.17) is 4.74 Å². The van der Waals surface area contributed by atoms with Gasteiger partial charge in [0.15, 0.2) is 0 Å². The summed E-state index contributed by atoms with van der Waals surface area (Å²) in [6.45, 7) is 4.61. The van der Waals surface area contributed by atoms with E-state index in [1.165, 1.54) is 0 Å². The normalized spacial score (nSPS) is 16.6. The number of carbonyl (C=O) groups is 1. The Hall–Kier alpha value is -2.29. The number of fused-ring (bicyclic) bond motifs is 2. The van der Waals surface area contributed by atoms with E-state index in [9.17, 15) is 9.90 Å². The van der Waals surface area contributed by atoms with E-state index in [0.29, 0.717) is 18.3 Å². The topological polar surface area (TPSA) is 46.5 Å². The smallest absolute Gasteiger partial charge is 0.315 e. The average molecular weight is 282 g/mol. The standard InChI is InChI=1S/C18H18O3/c1-11(2)12-7-8-16-15(9-12)17(18(19)20)14-6-4-3-5-13(14)10-21-16/h3-9,11,17H,10H2,1-2H3,(H,19,20)/t17-/m1/s1. The van der Waals surface area contributed by atoms with Gasteiger partial charge in [-0.25, -0.2) is 0 Å². The van der Waals surface area contributed by atoms with Crippen molar-refractivity contribution in [1.82, 2.24) is 0 Å². The van der Waals surface area contributed by atoms with E-state index >= 15 is 0 Å². The maximum absolute atomic E-state index is 11.9. The second-order valence-corrected chi connectivity index (χ2v) is 5.71. The molecule has 0 aromatic heterocycles. The molecule has 1 aliphatic heterocycles. The van der Waals surface area contributed by atoms with Crippen LogP contribution in [-0.2, 0) is 11.4 Å². The fourth-order valence-electron chi connectivity index (χ4n) is 2.82. The van der Waals surface area contributed by atoms with Gasteiger partial charge in [-0.15, -0.1) is 0 Å². The van der Waals surface area contributed by atoms with Crippen LogP contribution in [0.2, 0.25) is 0 Å². The molecule has 2 aromatic carbocycles. The number of hydrogen-bond acceptors (Lipinski definition) is 2. The van der Waals surface area contributed by atoms with Crippen molar-refractivity contribution in [3.8, 4) is 5.75 Å². The first-order valence-electron chi connectivity index (χ1n) is 7.15. The number of hydrogen-bond donors (Lipinski definition) is 1. The van der Waals surface area contributed by atoms with Crippen molar-refractivity contribution >= 4 is 5.97 Å². The Morgan fingerprint density at radius 3 is 2.67 bits per heavy atom. The molecule has 1 heterocycles. The van der Waals surface area contributed by atoms with E-state index < -0.39 is 11.9 Å². The monoisotopic (exact) mass is 282 g/mol. The third-order valence-corrected chi connectivity index (χ3v) is 4.01. The molecular weight excluding hydrogens is 264 g/mol. The van der Waals surface area contributed by atoms with Crippen LogP contribution in [0.4, 0.5) is 0 Å². The largest absolute Gasteiger partial charge is 0.489 e. The maximum Gasteiger partial charge on any atom is 0.315 e. The second-order valence-electron chi connectivity index (χ2n) is 5.71. The molecule has 2 aromatic rings. The van der Waals surface area contributed by atoms with Crippen molar-refractivity contribution in [2.75, 3.05) is 0 Å². The predicted octanol–water partition coefficient (Wildman–Crippen LogP) is 3.92. The number of aliphatic carboxylic acids is 1.